The minimum atomic E-state index is -3.73. The lowest BCUT2D eigenvalue weighted by Gasteiger charge is -2.25. The van der Waals surface area contributed by atoms with E-state index in [0.717, 1.165) is 5.56 Å². The molecule has 2 aromatic carbocycles. The molecule has 6 nitrogen and oxygen atoms in total. The number of fused-ring (bicyclic) bond motifs is 1. The highest BCUT2D eigenvalue weighted by Crippen LogP contribution is 2.35. The van der Waals surface area contributed by atoms with Gasteiger partial charge in [-0.05, 0) is 47.9 Å². The Morgan fingerprint density at radius 2 is 1.69 bits per heavy atom. The van der Waals surface area contributed by atoms with Crippen molar-refractivity contribution in [1.29, 1.82) is 5.26 Å². The third-order valence-corrected chi connectivity index (χ3v) is 5.62. The number of sulfonamides is 1. The summed E-state index contributed by atoms with van der Waals surface area (Å²) in [5, 5.41) is 8.86. The van der Waals surface area contributed by atoms with Gasteiger partial charge in [-0.1, -0.05) is 19.9 Å². The predicted octanol–water partition coefficient (Wildman–Crippen LogP) is 3.01. The summed E-state index contributed by atoms with van der Waals surface area (Å²) < 4.78 is 39.4. The van der Waals surface area contributed by atoms with Crippen LogP contribution in [0.1, 0.15) is 31.0 Å². The van der Waals surface area contributed by atoms with Crippen molar-refractivity contribution in [3.63, 3.8) is 0 Å². The Balaban J connectivity index is 1.89. The van der Waals surface area contributed by atoms with Crippen LogP contribution in [-0.2, 0) is 10.0 Å². The molecule has 1 heterocycles. The minimum absolute atomic E-state index is 0.0192. The van der Waals surface area contributed by atoms with E-state index in [1.165, 1.54) is 24.3 Å². The zero-order valence-corrected chi connectivity index (χ0v) is 15.4. The van der Waals surface area contributed by atoms with Crippen molar-refractivity contribution in [2.45, 2.75) is 24.8 Å². The Bertz CT molecular complexity index is 931. The van der Waals surface area contributed by atoms with Crippen molar-refractivity contribution < 1.29 is 17.9 Å². The van der Waals surface area contributed by atoms with Gasteiger partial charge in [-0.25, -0.2) is 13.1 Å². The van der Waals surface area contributed by atoms with Gasteiger partial charge >= 0.3 is 0 Å². The van der Waals surface area contributed by atoms with Crippen molar-refractivity contribution in [3.8, 4) is 17.6 Å². The van der Waals surface area contributed by atoms with Gasteiger partial charge in [0.1, 0.15) is 13.2 Å². The fraction of sp³-hybridized carbons (Fsp3) is 0.316. The molecule has 2 aromatic rings. The lowest BCUT2D eigenvalue weighted by molar-refractivity contribution is 0.171. The van der Waals surface area contributed by atoms with E-state index < -0.39 is 16.1 Å². The van der Waals surface area contributed by atoms with E-state index >= 15 is 0 Å². The summed E-state index contributed by atoms with van der Waals surface area (Å²) >= 11 is 0. The normalized spacial score (nSPS) is 14.7. The first kappa shape index (κ1) is 18.2. The van der Waals surface area contributed by atoms with E-state index in [1.807, 2.05) is 32.0 Å². The second kappa shape index (κ2) is 7.36. The number of nitrogens with zero attached hydrogens (tertiary/aromatic N) is 1. The third-order valence-electron chi connectivity index (χ3n) is 4.17. The Labute approximate surface area is 153 Å². The molecule has 7 heteroatoms. The molecule has 26 heavy (non-hydrogen) atoms. The number of rotatable bonds is 5. The molecule has 1 unspecified atom stereocenters. The van der Waals surface area contributed by atoms with Gasteiger partial charge in [-0.15, -0.1) is 0 Å². The van der Waals surface area contributed by atoms with Crippen LogP contribution in [0.25, 0.3) is 0 Å². The van der Waals surface area contributed by atoms with Gasteiger partial charge in [-0.2, -0.15) is 5.26 Å². The lowest BCUT2D eigenvalue weighted by Crippen LogP contribution is -2.32. The largest absolute Gasteiger partial charge is 0.486 e. The van der Waals surface area contributed by atoms with Crippen LogP contribution in [0.3, 0.4) is 0 Å². The number of benzene rings is 2. The van der Waals surface area contributed by atoms with Gasteiger partial charge < -0.3 is 9.47 Å². The third kappa shape index (κ3) is 3.82. The van der Waals surface area contributed by atoms with E-state index in [2.05, 4.69) is 4.72 Å². The highest BCUT2D eigenvalue weighted by molar-refractivity contribution is 7.89. The fourth-order valence-electron chi connectivity index (χ4n) is 2.79. The quantitative estimate of drug-likeness (QED) is 0.872. The van der Waals surface area contributed by atoms with Gasteiger partial charge in [0.25, 0.3) is 0 Å². The number of hydrogen-bond acceptors (Lipinski definition) is 5. The molecule has 0 spiro atoms. The SMILES string of the molecule is CC(C)C(NS(=O)(=O)c1ccc(C#N)cc1)c1ccc2c(c1)OCCO2. The monoisotopic (exact) mass is 372 g/mol. The zero-order valence-electron chi connectivity index (χ0n) is 14.6. The van der Waals surface area contributed by atoms with Crippen LogP contribution >= 0.6 is 0 Å². The van der Waals surface area contributed by atoms with Crippen molar-refractivity contribution >= 4 is 10.0 Å². The van der Waals surface area contributed by atoms with Gasteiger partial charge in [0, 0.05) is 6.04 Å². The molecule has 0 saturated carbocycles. The summed E-state index contributed by atoms with van der Waals surface area (Å²) in [4.78, 5) is 0.125. The Hall–Kier alpha value is -2.56. The maximum absolute atomic E-state index is 12.8. The first-order chi connectivity index (χ1) is 12.4. The van der Waals surface area contributed by atoms with E-state index in [4.69, 9.17) is 14.7 Å². The molecular formula is C19H20N2O4S. The average Bonchev–Trinajstić information content (AvgIpc) is 2.65. The molecule has 136 valence electrons. The van der Waals surface area contributed by atoms with Crippen LogP contribution in [0.5, 0.6) is 11.5 Å². The molecule has 1 aliphatic rings. The predicted molar refractivity (Wildman–Crippen MR) is 96.5 cm³/mol. The van der Waals surface area contributed by atoms with Gasteiger partial charge in [0.05, 0.1) is 16.5 Å². The Morgan fingerprint density at radius 3 is 2.31 bits per heavy atom. The Morgan fingerprint density at radius 1 is 1.04 bits per heavy atom. The lowest BCUT2D eigenvalue weighted by atomic mass is 9.97. The summed E-state index contributed by atoms with van der Waals surface area (Å²) in [5.74, 6) is 1.31. The van der Waals surface area contributed by atoms with Crippen molar-refractivity contribution in [2.24, 2.45) is 5.92 Å². The van der Waals surface area contributed by atoms with Crippen LogP contribution in [0.4, 0.5) is 0 Å². The number of nitrogens with one attached hydrogen (secondary N) is 1. The van der Waals surface area contributed by atoms with Gasteiger partial charge in [0.15, 0.2) is 11.5 Å². The highest BCUT2D eigenvalue weighted by atomic mass is 32.2. The maximum atomic E-state index is 12.8. The molecule has 3 rings (SSSR count). The van der Waals surface area contributed by atoms with Gasteiger partial charge in [0.2, 0.25) is 10.0 Å². The molecular weight excluding hydrogens is 352 g/mol. The van der Waals surface area contributed by atoms with Crippen LogP contribution in [0.2, 0.25) is 0 Å². The molecule has 1 aliphatic heterocycles. The van der Waals surface area contributed by atoms with Crippen LogP contribution < -0.4 is 14.2 Å². The molecule has 0 radical (unpaired) electrons. The summed E-state index contributed by atoms with van der Waals surface area (Å²) in [7, 11) is -3.73. The van der Waals surface area contributed by atoms with Gasteiger partial charge in [-0.3, -0.25) is 0 Å². The molecule has 0 amide bonds. The number of ether oxygens (including phenoxy) is 2. The van der Waals surface area contributed by atoms with Crippen molar-refractivity contribution in [3.05, 3.63) is 53.6 Å². The summed E-state index contributed by atoms with van der Waals surface area (Å²) in [5.41, 5.74) is 1.22. The average molecular weight is 372 g/mol. The second-order valence-electron chi connectivity index (χ2n) is 6.38. The minimum Gasteiger partial charge on any atom is -0.486 e. The maximum Gasteiger partial charge on any atom is 0.241 e. The van der Waals surface area contributed by atoms with Crippen molar-refractivity contribution in [1.82, 2.24) is 4.72 Å². The number of nitriles is 1. The van der Waals surface area contributed by atoms with E-state index in [9.17, 15) is 8.42 Å². The van der Waals surface area contributed by atoms with Crippen LogP contribution in [0, 0.1) is 17.2 Å². The van der Waals surface area contributed by atoms with Crippen LogP contribution in [0.15, 0.2) is 47.4 Å². The first-order valence-electron chi connectivity index (χ1n) is 8.33. The molecule has 0 bridgehead atoms. The molecule has 1 N–H and O–H groups in total. The molecule has 0 fully saturated rings. The second-order valence-corrected chi connectivity index (χ2v) is 8.10. The summed E-state index contributed by atoms with van der Waals surface area (Å²) in [6, 6.07) is 12.9. The standard InChI is InChI=1S/C19H20N2O4S/c1-13(2)19(15-5-8-17-18(11-15)25-10-9-24-17)21-26(22,23)16-6-3-14(12-20)4-7-16/h3-8,11,13,19,21H,9-10H2,1-2H3. The van der Waals surface area contributed by atoms with Crippen LogP contribution in [-0.4, -0.2) is 21.6 Å². The summed E-state index contributed by atoms with van der Waals surface area (Å²) in [6.07, 6.45) is 0. The summed E-state index contributed by atoms with van der Waals surface area (Å²) in [6.45, 7) is 4.87. The molecule has 0 aromatic heterocycles. The first-order valence-corrected chi connectivity index (χ1v) is 9.81. The van der Waals surface area contributed by atoms with E-state index in [-0.39, 0.29) is 10.8 Å². The fourth-order valence-corrected chi connectivity index (χ4v) is 4.16. The van der Waals surface area contributed by atoms with Crippen molar-refractivity contribution in [2.75, 3.05) is 13.2 Å². The molecule has 1 atom stereocenters. The van der Waals surface area contributed by atoms with E-state index in [1.54, 1.807) is 6.07 Å². The molecule has 0 saturated heterocycles. The smallest absolute Gasteiger partial charge is 0.241 e. The zero-order chi connectivity index (χ0) is 18.7. The highest BCUT2D eigenvalue weighted by Gasteiger charge is 2.25. The molecule has 0 aliphatic carbocycles. The topological polar surface area (TPSA) is 88.4 Å². The number of hydrogen-bond donors (Lipinski definition) is 1. The Kier molecular flexibility index (Phi) is 5.16. The van der Waals surface area contributed by atoms with E-state index in [0.29, 0.717) is 30.3 Å².